The number of nitrogens with zero attached hydrogens (tertiary/aromatic N) is 1. The maximum Gasteiger partial charge on any atom is 0.242 e. The van der Waals surface area contributed by atoms with Gasteiger partial charge in [0.2, 0.25) is 15.9 Å². The molecule has 1 heterocycles. The zero-order valence-electron chi connectivity index (χ0n) is 11.4. The molecule has 0 unspecified atom stereocenters. The molecule has 1 amide bonds. The largest absolute Gasteiger partial charge is 0.323 e. The van der Waals surface area contributed by atoms with E-state index in [-0.39, 0.29) is 5.91 Å². The SMILES string of the molecule is Cc1ccc(NC(=O)[C@H]2CCCN2S(C)(=O)=O)c(Cl)c1. The first-order valence-electron chi connectivity index (χ1n) is 6.33. The number of hydrogen-bond acceptors (Lipinski definition) is 3. The third kappa shape index (κ3) is 3.31. The summed E-state index contributed by atoms with van der Waals surface area (Å²) >= 11 is 6.06. The summed E-state index contributed by atoms with van der Waals surface area (Å²) in [6, 6.07) is 4.65. The van der Waals surface area contributed by atoms with Crippen LogP contribution in [0.2, 0.25) is 5.02 Å². The van der Waals surface area contributed by atoms with Crippen LogP contribution in [0.4, 0.5) is 5.69 Å². The van der Waals surface area contributed by atoms with Crippen molar-refractivity contribution in [2.45, 2.75) is 25.8 Å². The predicted octanol–water partition coefficient (Wildman–Crippen LogP) is 2.01. The van der Waals surface area contributed by atoms with E-state index in [0.717, 1.165) is 11.8 Å². The number of amides is 1. The molecule has 1 saturated heterocycles. The third-order valence-corrected chi connectivity index (χ3v) is 4.92. The number of carbonyl (C=O) groups excluding carboxylic acids is 1. The van der Waals surface area contributed by atoms with Crippen molar-refractivity contribution in [2.75, 3.05) is 18.1 Å². The minimum atomic E-state index is -3.37. The van der Waals surface area contributed by atoms with Crippen molar-refractivity contribution in [3.05, 3.63) is 28.8 Å². The summed E-state index contributed by atoms with van der Waals surface area (Å²) in [7, 11) is -3.37. The number of sulfonamides is 1. The van der Waals surface area contributed by atoms with Gasteiger partial charge in [0, 0.05) is 6.54 Å². The molecule has 5 nitrogen and oxygen atoms in total. The Morgan fingerprint density at radius 2 is 2.15 bits per heavy atom. The molecule has 0 spiro atoms. The van der Waals surface area contributed by atoms with Gasteiger partial charge >= 0.3 is 0 Å². The van der Waals surface area contributed by atoms with E-state index in [1.165, 1.54) is 4.31 Å². The van der Waals surface area contributed by atoms with Crippen LogP contribution >= 0.6 is 11.6 Å². The number of rotatable bonds is 3. The Bertz CT molecular complexity index is 631. The molecule has 0 aliphatic carbocycles. The highest BCUT2D eigenvalue weighted by molar-refractivity contribution is 7.88. The highest BCUT2D eigenvalue weighted by atomic mass is 35.5. The normalized spacial score (nSPS) is 20.1. The van der Waals surface area contributed by atoms with Gasteiger partial charge in [-0.15, -0.1) is 0 Å². The minimum absolute atomic E-state index is 0.335. The van der Waals surface area contributed by atoms with Gasteiger partial charge in [0.25, 0.3) is 0 Å². The first kappa shape index (κ1) is 15.3. The van der Waals surface area contributed by atoms with Crippen LogP contribution in [0.15, 0.2) is 18.2 Å². The summed E-state index contributed by atoms with van der Waals surface area (Å²) in [5.74, 6) is -0.335. The monoisotopic (exact) mass is 316 g/mol. The molecular formula is C13H17ClN2O3S. The fourth-order valence-electron chi connectivity index (χ4n) is 2.34. The van der Waals surface area contributed by atoms with Gasteiger partial charge in [-0.1, -0.05) is 17.7 Å². The summed E-state index contributed by atoms with van der Waals surface area (Å²) in [4.78, 5) is 12.2. The van der Waals surface area contributed by atoms with Crippen LogP contribution in [0.25, 0.3) is 0 Å². The number of halogens is 1. The molecule has 1 aromatic rings. The minimum Gasteiger partial charge on any atom is -0.323 e. The fourth-order valence-corrected chi connectivity index (χ4v) is 3.74. The first-order chi connectivity index (χ1) is 9.29. The summed E-state index contributed by atoms with van der Waals surface area (Å²) in [5, 5.41) is 3.15. The Kier molecular flexibility index (Phi) is 4.36. The lowest BCUT2D eigenvalue weighted by atomic mass is 10.2. The molecule has 1 atom stereocenters. The molecule has 1 aliphatic heterocycles. The van der Waals surface area contributed by atoms with Crippen LogP contribution in [-0.2, 0) is 14.8 Å². The smallest absolute Gasteiger partial charge is 0.242 e. The van der Waals surface area contributed by atoms with E-state index >= 15 is 0 Å². The summed E-state index contributed by atoms with van der Waals surface area (Å²) in [5.41, 5.74) is 1.49. The number of carbonyl (C=O) groups is 1. The lowest BCUT2D eigenvalue weighted by Gasteiger charge is -2.21. The van der Waals surface area contributed by atoms with Crippen molar-refractivity contribution in [2.24, 2.45) is 0 Å². The average molecular weight is 317 g/mol. The molecule has 0 aromatic heterocycles. The molecule has 1 fully saturated rings. The first-order valence-corrected chi connectivity index (χ1v) is 8.55. The summed E-state index contributed by atoms with van der Waals surface area (Å²) < 4.78 is 24.5. The van der Waals surface area contributed by atoms with Gasteiger partial charge in [0.15, 0.2) is 0 Å². The van der Waals surface area contributed by atoms with Gasteiger partial charge in [0.05, 0.1) is 17.0 Å². The van der Waals surface area contributed by atoms with E-state index in [4.69, 9.17) is 11.6 Å². The van der Waals surface area contributed by atoms with Gasteiger partial charge in [-0.3, -0.25) is 4.79 Å². The lowest BCUT2D eigenvalue weighted by Crippen LogP contribution is -2.42. The Balaban J connectivity index is 2.16. The van der Waals surface area contributed by atoms with Gasteiger partial charge < -0.3 is 5.32 Å². The van der Waals surface area contributed by atoms with Gasteiger partial charge in [-0.25, -0.2) is 8.42 Å². The highest BCUT2D eigenvalue weighted by Gasteiger charge is 2.36. The van der Waals surface area contributed by atoms with E-state index in [0.29, 0.717) is 30.1 Å². The molecule has 20 heavy (non-hydrogen) atoms. The predicted molar refractivity (Wildman–Crippen MR) is 79.4 cm³/mol. The van der Waals surface area contributed by atoms with Crippen molar-refractivity contribution >= 4 is 33.2 Å². The number of anilines is 1. The van der Waals surface area contributed by atoms with Gasteiger partial charge in [-0.05, 0) is 37.5 Å². The molecule has 1 aromatic carbocycles. The van der Waals surface area contributed by atoms with Crippen LogP contribution in [-0.4, -0.2) is 37.5 Å². The van der Waals surface area contributed by atoms with E-state index in [1.54, 1.807) is 12.1 Å². The second-order valence-electron chi connectivity index (χ2n) is 5.00. The molecule has 0 bridgehead atoms. The van der Waals surface area contributed by atoms with Crippen LogP contribution in [0.1, 0.15) is 18.4 Å². The van der Waals surface area contributed by atoms with Crippen LogP contribution < -0.4 is 5.32 Å². The second kappa shape index (κ2) is 5.71. The maximum atomic E-state index is 12.2. The zero-order chi connectivity index (χ0) is 14.9. The van der Waals surface area contributed by atoms with E-state index in [9.17, 15) is 13.2 Å². The van der Waals surface area contributed by atoms with E-state index < -0.39 is 16.1 Å². The standard InChI is InChI=1S/C13H17ClN2O3S/c1-9-5-6-11(10(14)8-9)15-13(17)12-4-3-7-16(12)20(2,18)19/h5-6,8,12H,3-4,7H2,1-2H3,(H,15,17)/t12-/m1/s1. The Labute approximate surface area is 124 Å². The average Bonchev–Trinajstić information content (AvgIpc) is 2.81. The van der Waals surface area contributed by atoms with Crippen molar-refractivity contribution < 1.29 is 13.2 Å². The van der Waals surface area contributed by atoms with Crippen molar-refractivity contribution in [3.8, 4) is 0 Å². The second-order valence-corrected chi connectivity index (χ2v) is 7.35. The number of benzene rings is 1. The number of aryl methyl sites for hydroxylation is 1. The fraction of sp³-hybridized carbons (Fsp3) is 0.462. The van der Waals surface area contributed by atoms with Gasteiger partial charge in [-0.2, -0.15) is 4.31 Å². The molecular weight excluding hydrogens is 300 g/mol. The summed E-state index contributed by atoms with van der Waals surface area (Å²) in [6.07, 6.45) is 2.34. The molecule has 110 valence electrons. The molecule has 1 N–H and O–H groups in total. The molecule has 0 saturated carbocycles. The topological polar surface area (TPSA) is 66.5 Å². The van der Waals surface area contributed by atoms with Crippen molar-refractivity contribution in [1.29, 1.82) is 0 Å². The molecule has 7 heteroatoms. The quantitative estimate of drug-likeness (QED) is 0.927. The van der Waals surface area contributed by atoms with Crippen LogP contribution in [0.5, 0.6) is 0 Å². The third-order valence-electron chi connectivity index (χ3n) is 3.31. The lowest BCUT2D eigenvalue weighted by molar-refractivity contribution is -0.119. The van der Waals surface area contributed by atoms with Crippen LogP contribution in [0.3, 0.4) is 0 Å². The van der Waals surface area contributed by atoms with Gasteiger partial charge in [0.1, 0.15) is 6.04 Å². The molecule has 1 aliphatic rings. The number of nitrogens with one attached hydrogen (secondary N) is 1. The van der Waals surface area contributed by atoms with E-state index in [1.807, 2.05) is 13.0 Å². The Morgan fingerprint density at radius 1 is 1.45 bits per heavy atom. The zero-order valence-corrected chi connectivity index (χ0v) is 13.0. The Morgan fingerprint density at radius 3 is 2.75 bits per heavy atom. The van der Waals surface area contributed by atoms with Crippen molar-refractivity contribution in [1.82, 2.24) is 4.31 Å². The summed E-state index contributed by atoms with van der Waals surface area (Å²) in [6.45, 7) is 2.29. The van der Waals surface area contributed by atoms with Crippen molar-refractivity contribution in [3.63, 3.8) is 0 Å². The number of hydrogen-bond donors (Lipinski definition) is 1. The van der Waals surface area contributed by atoms with Crippen LogP contribution in [0, 0.1) is 6.92 Å². The maximum absolute atomic E-state index is 12.2. The molecule has 2 rings (SSSR count). The Hall–Kier alpha value is -1.11. The van der Waals surface area contributed by atoms with E-state index in [2.05, 4.69) is 5.32 Å². The highest BCUT2D eigenvalue weighted by Crippen LogP contribution is 2.25. The molecule has 0 radical (unpaired) electrons.